The third-order valence-electron chi connectivity index (χ3n) is 3.53. The second-order valence-electron chi connectivity index (χ2n) is 5.37. The van der Waals surface area contributed by atoms with Gasteiger partial charge in [0.25, 0.3) is 0 Å². The molecule has 4 heteroatoms. The van der Waals surface area contributed by atoms with Crippen molar-refractivity contribution >= 4 is 5.97 Å². The zero-order valence-electron chi connectivity index (χ0n) is 13.2. The molecule has 23 heavy (non-hydrogen) atoms. The molecule has 0 aliphatic heterocycles. The van der Waals surface area contributed by atoms with Crippen LogP contribution in [0.15, 0.2) is 54.6 Å². The van der Waals surface area contributed by atoms with Crippen LogP contribution in [-0.4, -0.2) is 30.8 Å². The highest BCUT2D eigenvalue weighted by molar-refractivity contribution is 5.66. The monoisotopic (exact) mass is 313 g/mol. The zero-order chi connectivity index (χ0) is 16.3. The topological polar surface area (TPSA) is 58.6 Å². The quantitative estimate of drug-likeness (QED) is 0.662. The maximum atomic E-state index is 10.4. The van der Waals surface area contributed by atoms with Gasteiger partial charge < -0.3 is 15.2 Å². The maximum Gasteiger partial charge on any atom is 0.304 e. The van der Waals surface area contributed by atoms with Crippen LogP contribution in [0.3, 0.4) is 0 Å². The molecule has 0 atom stereocenters. The van der Waals surface area contributed by atoms with E-state index in [-0.39, 0.29) is 6.42 Å². The molecule has 0 bridgehead atoms. The Kier molecular flexibility index (Phi) is 7.14. The Bertz CT molecular complexity index is 581. The number of ether oxygens (including phenoxy) is 1. The van der Waals surface area contributed by atoms with Crippen LogP contribution in [0.2, 0.25) is 0 Å². The first-order valence-electron chi connectivity index (χ1n) is 7.92. The number of carboxylic acids is 1. The number of benzene rings is 2. The zero-order valence-corrected chi connectivity index (χ0v) is 13.2. The minimum Gasteiger partial charge on any atom is -0.493 e. The molecule has 0 amide bonds. The third-order valence-corrected chi connectivity index (χ3v) is 3.53. The number of hydrogen-bond acceptors (Lipinski definition) is 3. The van der Waals surface area contributed by atoms with Crippen molar-refractivity contribution in [2.24, 2.45) is 0 Å². The Hall–Kier alpha value is -2.33. The average molecular weight is 313 g/mol. The largest absolute Gasteiger partial charge is 0.493 e. The van der Waals surface area contributed by atoms with Crippen molar-refractivity contribution in [3.05, 3.63) is 65.7 Å². The molecule has 2 N–H and O–H groups in total. The van der Waals surface area contributed by atoms with Gasteiger partial charge in [-0.2, -0.15) is 0 Å². The maximum absolute atomic E-state index is 10.4. The molecule has 0 spiro atoms. The summed E-state index contributed by atoms with van der Waals surface area (Å²) in [6.07, 6.45) is 1.94. The normalized spacial score (nSPS) is 10.4. The summed E-state index contributed by atoms with van der Waals surface area (Å²) in [6.45, 7) is 1.96. The predicted octanol–water partition coefficient (Wildman–Crippen LogP) is 2.91. The van der Waals surface area contributed by atoms with Gasteiger partial charge in [0.05, 0.1) is 13.0 Å². The van der Waals surface area contributed by atoms with Crippen molar-refractivity contribution in [1.29, 1.82) is 0 Å². The fraction of sp³-hybridized carbons (Fsp3) is 0.316. The lowest BCUT2D eigenvalue weighted by molar-refractivity contribution is -0.136. The molecule has 0 aliphatic rings. The van der Waals surface area contributed by atoms with Gasteiger partial charge in [-0.25, -0.2) is 0 Å². The molecule has 2 aromatic rings. The van der Waals surface area contributed by atoms with Crippen LogP contribution < -0.4 is 10.1 Å². The summed E-state index contributed by atoms with van der Waals surface area (Å²) in [5.74, 6) is 0.109. The number of nitrogens with one attached hydrogen (secondary N) is 1. The van der Waals surface area contributed by atoms with Crippen molar-refractivity contribution < 1.29 is 14.6 Å². The van der Waals surface area contributed by atoms with Gasteiger partial charge in [0.2, 0.25) is 0 Å². The number of aliphatic carboxylic acids is 1. The van der Waals surface area contributed by atoms with Crippen molar-refractivity contribution in [2.75, 3.05) is 19.7 Å². The summed E-state index contributed by atoms with van der Waals surface area (Å²) >= 11 is 0. The SMILES string of the molecule is O=C(O)CCNCCc1ccc(OCCc2ccccc2)cc1. The minimum atomic E-state index is -0.769. The highest BCUT2D eigenvalue weighted by atomic mass is 16.5. The van der Waals surface area contributed by atoms with E-state index in [0.717, 1.165) is 25.1 Å². The summed E-state index contributed by atoms with van der Waals surface area (Å²) in [5.41, 5.74) is 2.49. The summed E-state index contributed by atoms with van der Waals surface area (Å²) in [4.78, 5) is 10.4. The van der Waals surface area contributed by atoms with Gasteiger partial charge in [-0.1, -0.05) is 42.5 Å². The van der Waals surface area contributed by atoms with Gasteiger partial charge in [-0.15, -0.1) is 0 Å². The fourth-order valence-corrected chi connectivity index (χ4v) is 2.24. The van der Waals surface area contributed by atoms with Crippen molar-refractivity contribution in [2.45, 2.75) is 19.3 Å². The Morgan fingerprint density at radius 2 is 1.61 bits per heavy atom. The van der Waals surface area contributed by atoms with Crippen LogP contribution in [0.5, 0.6) is 5.75 Å². The van der Waals surface area contributed by atoms with Crippen LogP contribution in [-0.2, 0) is 17.6 Å². The standard InChI is InChI=1S/C19H23NO3/c21-19(22)11-14-20-13-10-17-6-8-18(9-7-17)23-15-12-16-4-2-1-3-5-16/h1-9,20H,10-15H2,(H,21,22). The van der Waals surface area contributed by atoms with Gasteiger partial charge in [0.1, 0.15) is 5.75 Å². The Balaban J connectivity index is 1.65. The summed E-state index contributed by atoms with van der Waals surface area (Å²) < 4.78 is 5.75. The van der Waals surface area contributed by atoms with E-state index in [1.165, 1.54) is 11.1 Å². The first-order chi connectivity index (χ1) is 11.2. The molecule has 0 radical (unpaired) electrons. The molecule has 122 valence electrons. The molecule has 2 rings (SSSR count). The highest BCUT2D eigenvalue weighted by Crippen LogP contribution is 2.13. The molecule has 0 heterocycles. The molecule has 4 nitrogen and oxygen atoms in total. The van der Waals surface area contributed by atoms with Crippen LogP contribution in [0.25, 0.3) is 0 Å². The Morgan fingerprint density at radius 3 is 2.30 bits per heavy atom. The van der Waals surface area contributed by atoms with Crippen LogP contribution in [0.4, 0.5) is 0 Å². The molecule has 0 unspecified atom stereocenters. The van der Waals surface area contributed by atoms with Crippen LogP contribution in [0, 0.1) is 0 Å². The Labute approximate surface area is 137 Å². The van der Waals surface area contributed by atoms with E-state index >= 15 is 0 Å². The van der Waals surface area contributed by atoms with Crippen molar-refractivity contribution in [1.82, 2.24) is 5.32 Å². The predicted molar refractivity (Wildman–Crippen MR) is 90.9 cm³/mol. The molecular formula is C19H23NO3. The van der Waals surface area contributed by atoms with E-state index in [9.17, 15) is 4.79 Å². The molecule has 0 aromatic heterocycles. The third kappa shape index (κ3) is 6.98. The molecule has 0 saturated heterocycles. The summed E-state index contributed by atoms with van der Waals surface area (Å²) in [5, 5.41) is 11.7. The Morgan fingerprint density at radius 1 is 0.913 bits per heavy atom. The summed E-state index contributed by atoms with van der Waals surface area (Å²) in [7, 11) is 0. The van der Waals surface area contributed by atoms with Gasteiger partial charge >= 0.3 is 5.97 Å². The molecule has 0 aliphatic carbocycles. The van der Waals surface area contributed by atoms with Gasteiger partial charge in [0, 0.05) is 13.0 Å². The first kappa shape index (κ1) is 17.0. The molecule has 0 saturated carbocycles. The van der Waals surface area contributed by atoms with E-state index in [0.29, 0.717) is 13.2 Å². The number of rotatable bonds is 10. The van der Waals surface area contributed by atoms with E-state index < -0.39 is 5.97 Å². The minimum absolute atomic E-state index is 0.161. The van der Waals surface area contributed by atoms with Crippen molar-refractivity contribution in [3.8, 4) is 5.75 Å². The summed E-state index contributed by atoms with van der Waals surface area (Å²) in [6, 6.07) is 18.4. The second-order valence-corrected chi connectivity index (χ2v) is 5.37. The van der Waals surface area contributed by atoms with E-state index in [2.05, 4.69) is 29.6 Å². The first-order valence-corrected chi connectivity index (χ1v) is 7.92. The van der Waals surface area contributed by atoms with Gasteiger partial charge in [-0.05, 0) is 36.2 Å². The molecule has 0 fully saturated rings. The molecule has 2 aromatic carbocycles. The number of hydrogen-bond donors (Lipinski definition) is 2. The highest BCUT2D eigenvalue weighted by Gasteiger charge is 1.99. The van der Waals surface area contributed by atoms with Gasteiger partial charge in [-0.3, -0.25) is 4.79 Å². The number of carboxylic acid groups (broad SMARTS) is 1. The van der Waals surface area contributed by atoms with Crippen LogP contribution in [0.1, 0.15) is 17.5 Å². The molecular weight excluding hydrogens is 290 g/mol. The smallest absolute Gasteiger partial charge is 0.304 e. The van der Waals surface area contributed by atoms with Crippen molar-refractivity contribution in [3.63, 3.8) is 0 Å². The average Bonchev–Trinajstić information content (AvgIpc) is 2.57. The second kappa shape index (κ2) is 9.64. The van der Waals surface area contributed by atoms with E-state index in [1.54, 1.807) is 0 Å². The number of carbonyl (C=O) groups is 1. The lowest BCUT2D eigenvalue weighted by atomic mass is 10.1. The lowest BCUT2D eigenvalue weighted by Gasteiger charge is -2.08. The van der Waals surface area contributed by atoms with E-state index in [4.69, 9.17) is 9.84 Å². The van der Waals surface area contributed by atoms with Crippen LogP contribution >= 0.6 is 0 Å². The van der Waals surface area contributed by atoms with Gasteiger partial charge in [0.15, 0.2) is 0 Å². The fourth-order valence-electron chi connectivity index (χ4n) is 2.24. The van der Waals surface area contributed by atoms with E-state index in [1.807, 2.05) is 30.3 Å². The lowest BCUT2D eigenvalue weighted by Crippen LogP contribution is -2.20.